The van der Waals surface area contributed by atoms with Gasteiger partial charge in [0.25, 0.3) is 0 Å². The molecule has 4 rings (SSSR count). The van der Waals surface area contributed by atoms with Gasteiger partial charge in [0.2, 0.25) is 10.0 Å². The Labute approximate surface area is 213 Å². The predicted octanol–water partition coefficient (Wildman–Crippen LogP) is -0.540. The van der Waals surface area contributed by atoms with Crippen LogP contribution in [0, 0.1) is 6.92 Å². The van der Waals surface area contributed by atoms with Gasteiger partial charge in [0.15, 0.2) is 11.1 Å². The Hall–Kier alpha value is -0.754. The van der Waals surface area contributed by atoms with E-state index in [2.05, 4.69) is 21.1 Å². The first-order chi connectivity index (χ1) is 13.4. The fraction of sp³-hybridized carbons (Fsp3) is 0.474. The van der Waals surface area contributed by atoms with Gasteiger partial charge in [-0.25, -0.2) is 13.4 Å². The van der Waals surface area contributed by atoms with Crippen LogP contribution in [0.5, 0.6) is 0 Å². The van der Waals surface area contributed by atoms with E-state index >= 15 is 0 Å². The number of nitrogens with zero attached hydrogens (tertiary/aromatic N) is 3. The van der Waals surface area contributed by atoms with Crippen molar-refractivity contribution in [3.63, 3.8) is 0 Å². The van der Waals surface area contributed by atoms with Crippen molar-refractivity contribution in [2.24, 2.45) is 0 Å². The number of carbonyl (C=O) groups excluding carboxylic acids is 1. The first-order valence-electron chi connectivity index (χ1n) is 9.49. The molecule has 2 N–H and O–H groups in total. The molecule has 0 radical (unpaired) electrons. The number of sulfonamides is 1. The number of aliphatic hydroxyl groups excluding tert-OH is 1. The van der Waals surface area contributed by atoms with E-state index in [4.69, 9.17) is 5.11 Å². The molecule has 0 saturated carbocycles. The van der Waals surface area contributed by atoms with E-state index < -0.39 is 16.1 Å². The third-order valence-electron chi connectivity index (χ3n) is 5.47. The summed E-state index contributed by atoms with van der Waals surface area (Å²) >= 11 is 0. The van der Waals surface area contributed by atoms with E-state index in [1.165, 1.54) is 21.9 Å². The zero-order valence-corrected chi connectivity index (χ0v) is 20.7. The van der Waals surface area contributed by atoms with Crippen molar-refractivity contribution in [1.29, 1.82) is 0 Å². The Kier molecular flexibility index (Phi) is 7.25. The van der Waals surface area contributed by atoms with Crippen LogP contribution in [0.25, 0.3) is 4.72 Å². The standard InChI is InChI=1S/C19H24N4O4S.K/c1-12-20-17(11-23(12)8-9-24)28(26,27)22-19(25)21-18-15-6-2-4-13(15)10-14-5-3-7-16(14)18;/h10-11,24H,2-9H2,1H3,(H2,21,22,25);/q;+1/p-1. The molecule has 1 aromatic carbocycles. The van der Waals surface area contributed by atoms with Crippen LogP contribution < -0.4 is 56.7 Å². The first-order valence-corrected chi connectivity index (χ1v) is 10.9. The maximum absolute atomic E-state index is 12.5. The molecule has 1 aromatic heterocycles. The van der Waals surface area contributed by atoms with Crippen LogP contribution in [0.15, 0.2) is 17.3 Å². The topological polar surface area (TPSA) is 115 Å². The van der Waals surface area contributed by atoms with Crippen LogP contribution in [0.1, 0.15) is 40.9 Å². The average Bonchev–Trinajstić information content (AvgIpc) is 3.35. The van der Waals surface area contributed by atoms with Crippen molar-refractivity contribution in [2.45, 2.75) is 57.0 Å². The molecule has 0 saturated heterocycles. The van der Waals surface area contributed by atoms with Crippen molar-refractivity contribution >= 4 is 21.7 Å². The van der Waals surface area contributed by atoms with Gasteiger partial charge in [-0.1, -0.05) is 6.07 Å². The van der Waals surface area contributed by atoms with Crippen LogP contribution in [0.4, 0.5) is 10.5 Å². The van der Waals surface area contributed by atoms with Gasteiger partial charge in [0.05, 0.1) is 6.61 Å². The summed E-state index contributed by atoms with van der Waals surface area (Å²) in [5, 5.41) is 11.5. The monoisotopic (exact) mass is 442 g/mol. The zero-order chi connectivity index (χ0) is 19.9. The molecule has 29 heavy (non-hydrogen) atoms. The summed E-state index contributed by atoms with van der Waals surface area (Å²) in [7, 11) is -4.23. The molecule has 10 heteroatoms. The smallest absolute Gasteiger partial charge is 0.423 e. The summed E-state index contributed by atoms with van der Waals surface area (Å²) in [6, 6.07) is 1.34. The third kappa shape index (κ3) is 4.63. The number of imidazole rings is 1. The van der Waals surface area contributed by atoms with Gasteiger partial charge in [0, 0.05) is 12.7 Å². The maximum Gasteiger partial charge on any atom is 1.00 e. The molecule has 2 amide bonds. The number of carbonyl (C=O) groups is 1. The van der Waals surface area contributed by atoms with E-state index in [-0.39, 0.29) is 69.6 Å². The van der Waals surface area contributed by atoms with E-state index in [1.807, 2.05) is 0 Å². The molecule has 0 fully saturated rings. The predicted molar refractivity (Wildman–Crippen MR) is 104 cm³/mol. The molecule has 2 aliphatic rings. The van der Waals surface area contributed by atoms with Crippen LogP contribution in [0.2, 0.25) is 0 Å². The number of hydrogen-bond acceptors (Lipinski definition) is 5. The number of aliphatic hydroxyl groups is 1. The quantitative estimate of drug-likeness (QED) is 0.604. The number of rotatable bonds is 5. The Bertz CT molecular complexity index is 1020. The van der Waals surface area contributed by atoms with Gasteiger partial charge in [0.1, 0.15) is 5.82 Å². The van der Waals surface area contributed by atoms with Gasteiger partial charge in [-0.3, -0.25) is 4.79 Å². The van der Waals surface area contributed by atoms with Gasteiger partial charge < -0.3 is 19.7 Å². The fourth-order valence-electron chi connectivity index (χ4n) is 4.19. The normalized spacial score (nSPS) is 14.8. The van der Waals surface area contributed by atoms with E-state index in [0.717, 1.165) is 55.3 Å². The molecular formula is C19H23KN4O4S. The summed E-state index contributed by atoms with van der Waals surface area (Å²) in [5.41, 5.74) is 5.48. The molecule has 0 spiro atoms. The number of aryl methyl sites for hydroxylation is 3. The minimum atomic E-state index is -4.23. The van der Waals surface area contributed by atoms with Crippen LogP contribution >= 0.6 is 0 Å². The molecule has 0 unspecified atom stereocenters. The molecule has 0 bridgehead atoms. The third-order valence-corrected chi connectivity index (χ3v) is 6.60. The molecule has 8 nitrogen and oxygen atoms in total. The van der Waals surface area contributed by atoms with Gasteiger partial charge in [-0.2, -0.15) is 0 Å². The second-order valence-corrected chi connectivity index (χ2v) is 8.82. The van der Waals surface area contributed by atoms with E-state index in [1.54, 1.807) is 6.92 Å². The van der Waals surface area contributed by atoms with Crippen LogP contribution in [-0.4, -0.2) is 35.7 Å². The van der Waals surface area contributed by atoms with Crippen molar-refractivity contribution in [1.82, 2.24) is 9.55 Å². The number of nitrogens with one attached hydrogen (secondary N) is 1. The van der Waals surface area contributed by atoms with Gasteiger partial charge >= 0.3 is 51.4 Å². The number of benzene rings is 1. The number of anilines is 1. The van der Waals surface area contributed by atoms with E-state index in [0.29, 0.717) is 5.82 Å². The number of urea groups is 1. The zero-order valence-electron chi connectivity index (χ0n) is 16.7. The first kappa shape index (κ1) is 22.9. The number of aromatic nitrogens is 2. The Morgan fingerprint density at radius 1 is 1.21 bits per heavy atom. The number of hydrogen-bond donors (Lipinski definition) is 2. The summed E-state index contributed by atoms with van der Waals surface area (Å²) < 4.78 is 29.9. The molecule has 0 atom stereocenters. The molecule has 2 aromatic rings. The number of amides is 2. The second-order valence-electron chi connectivity index (χ2n) is 7.27. The number of fused-ring (bicyclic) bond motifs is 2. The maximum atomic E-state index is 12.5. The van der Waals surface area contributed by atoms with Gasteiger partial charge in [-0.15, -0.1) is 0 Å². The summed E-state index contributed by atoms with van der Waals surface area (Å²) in [4.78, 5) is 16.5. The molecule has 2 aliphatic carbocycles. The van der Waals surface area contributed by atoms with E-state index in [9.17, 15) is 13.2 Å². The minimum absolute atomic E-state index is 0. The Balaban J connectivity index is 0.00000240. The molecule has 150 valence electrons. The SMILES string of the molecule is Cc1nc(S(=O)(=O)[N-]C(=O)Nc2c3c(cc4c2CCC4)CCC3)cn1CCO.[K+]. The fourth-order valence-corrected chi connectivity index (χ4v) is 5.06. The van der Waals surface area contributed by atoms with Gasteiger partial charge in [-0.05, 0) is 73.4 Å². The summed E-state index contributed by atoms with van der Waals surface area (Å²) in [6.45, 7) is 1.71. The van der Waals surface area contributed by atoms with Crippen LogP contribution in [-0.2, 0) is 42.3 Å². The molecular weight excluding hydrogens is 419 g/mol. The van der Waals surface area contributed by atoms with Crippen molar-refractivity contribution in [2.75, 3.05) is 11.9 Å². The van der Waals surface area contributed by atoms with Crippen LogP contribution in [0.3, 0.4) is 0 Å². The van der Waals surface area contributed by atoms with Crippen molar-refractivity contribution in [3.05, 3.63) is 45.1 Å². The van der Waals surface area contributed by atoms with Crippen molar-refractivity contribution in [3.8, 4) is 0 Å². The largest absolute Gasteiger partial charge is 1.00 e. The summed E-state index contributed by atoms with van der Waals surface area (Å²) in [5.74, 6) is 0.432. The Morgan fingerprint density at radius 3 is 2.41 bits per heavy atom. The Morgan fingerprint density at radius 2 is 1.83 bits per heavy atom. The molecule has 1 heterocycles. The molecule has 0 aliphatic heterocycles. The minimum Gasteiger partial charge on any atom is -0.423 e. The second kappa shape index (κ2) is 9.17. The van der Waals surface area contributed by atoms with Crippen molar-refractivity contribution < 1.29 is 69.7 Å². The summed E-state index contributed by atoms with van der Waals surface area (Å²) in [6.07, 6.45) is 7.11. The average molecular weight is 443 g/mol.